The third-order valence-electron chi connectivity index (χ3n) is 3.29. The third-order valence-corrected chi connectivity index (χ3v) is 3.29. The molecule has 5 heteroatoms. The van der Waals surface area contributed by atoms with Crippen molar-refractivity contribution in [2.45, 2.75) is 32.7 Å². The number of benzene rings is 1. The highest BCUT2D eigenvalue weighted by Gasteiger charge is 2.17. The number of nitrogens with two attached hydrogens (primary N) is 1. The van der Waals surface area contributed by atoms with Crippen LogP contribution in [0.2, 0.25) is 0 Å². The van der Waals surface area contributed by atoms with E-state index in [1.807, 2.05) is 25.1 Å². The molecule has 20 heavy (non-hydrogen) atoms. The second-order valence-electron chi connectivity index (χ2n) is 5.01. The van der Waals surface area contributed by atoms with Crippen molar-refractivity contribution in [2.75, 3.05) is 5.73 Å². The molecule has 0 aliphatic heterocycles. The molecule has 1 unspecified atom stereocenters. The lowest BCUT2D eigenvalue weighted by molar-refractivity contribution is 0.0939. The van der Waals surface area contributed by atoms with Crippen molar-refractivity contribution in [1.29, 1.82) is 0 Å². The molecule has 106 valence electrons. The van der Waals surface area contributed by atoms with Gasteiger partial charge in [-0.05, 0) is 32.3 Å². The number of nitrogens with one attached hydrogen (secondary N) is 2. The van der Waals surface area contributed by atoms with E-state index in [4.69, 9.17) is 5.73 Å². The summed E-state index contributed by atoms with van der Waals surface area (Å²) in [6, 6.07) is 10.3. The molecule has 2 rings (SSSR count). The van der Waals surface area contributed by atoms with Crippen LogP contribution < -0.4 is 11.1 Å². The van der Waals surface area contributed by atoms with Crippen LogP contribution in [-0.4, -0.2) is 22.1 Å². The van der Waals surface area contributed by atoms with Crippen molar-refractivity contribution in [2.24, 2.45) is 0 Å². The number of aryl methyl sites for hydroxylation is 2. The van der Waals surface area contributed by atoms with E-state index in [0.29, 0.717) is 11.3 Å². The molecule has 0 spiro atoms. The Labute approximate surface area is 118 Å². The van der Waals surface area contributed by atoms with E-state index in [0.717, 1.165) is 12.8 Å². The zero-order valence-electron chi connectivity index (χ0n) is 11.8. The van der Waals surface area contributed by atoms with Crippen LogP contribution in [0.4, 0.5) is 5.82 Å². The first-order valence-electron chi connectivity index (χ1n) is 6.73. The lowest BCUT2D eigenvalue weighted by Gasteiger charge is -2.14. The first-order chi connectivity index (χ1) is 9.58. The molecule has 1 atom stereocenters. The number of carbonyl (C=O) groups excluding carboxylic acids is 1. The predicted molar refractivity (Wildman–Crippen MR) is 79.4 cm³/mol. The van der Waals surface area contributed by atoms with E-state index < -0.39 is 0 Å². The molecule has 1 aromatic heterocycles. The van der Waals surface area contributed by atoms with Gasteiger partial charge < -0.3 is 11.1 Å². The minimum Gasteiger partial charge on any atom is -0.382 e. The Bertz CT molecular complexity index is 557. The summed E-state index contributed by atoms with van der Waals surface area (Å²) in [4.78, 5) is 12.1. The SMILES string of the molecule is Cc1[nH]nc(N)c1C(=O)NC(C)CCc1ccccc1. The molecule has 0 saturated carbocycles. The Hall–Kier alpha value is -2.30. The van der Waals surface area contributed by atoms with Crippen LogP contribution in [0.1, 0.15) is 35.0 Å². The molecule has 1 heterocycles. The van der Waals surface area contributed by atoms with Gasteiger partial charge in [0.2, 0.25) is 0 Å². The number of rotatable bonds is 5. The van der Waals surface area contributed by atoms with E-state index in [9.17, 15) is 4.79 Å². The summed E-state index contributed by atoms with van der Waals surface area (Å²) >= 11 is 0. The van der Waals surface area contributed by atoms with Crippen LogP contribution in [0, 0.1) is 6.92 Å². The second-order valence-corrected chi connectivity index (χ2v) is 5.01. The summed E-state index contributed by atoms with van der Waals surface area (Å²) in [5.74, 6) is 0.0737. The molecular formula is C15H20N4O. The van der Waals surface area contributed by atoms with Gasteiger partial charge >= 0.3 is 0 Å². The van der Waals surface area contributed by atoms with Crippen molar-refractivity contribution in [3.05, 3.63) is 47.2 Å². The molecule has 1 aromatic carbocycles. The van der Waals surface area contributed by atoms with Gasteiger partial charge in [0.15, 0.2) is 5.82 Å². The number of hydrogen-bond donors (Lipinski definition) is 3. The van der Waals surface area contributed by atoms with Crippen molar-refractivity contribution < 1.29 is 4.79 Å². The summed E-state index contributed by atoms with van der Waals surface area (Å²) < 4.78 is 0. The highest BCUT2D eigenvalue weighted by Crippen LogP contribution is 2.12. The largest absolute Gasteiger partial charge is 0.382 e. The fraction of sp³-hybridized carbons (Fsp3) is 0.333. The number of aromatic nitrogens is 2. The average molecular weight is 272 g/mol. The first kappa shape index (κ1) is 14.1. The maximum Gasteiger partial charge on any atom is 0.257 e. The number of H-pyrrole nitrogens is 1. The maximum absolute atomic E-state index is 12.1. The normalized spacial score (nSPS) is 12.1. The average Bonchev–Trinajstić information content (AvgIpc) is 2.77. The van der Waals surface area contributed by atoms with E-state index in [-0.39, 0.29) is 17.8 Å². The molecule has 0 fully saturated rings. The number of hydrogen-bond acceptors (Lipinski definition) is 3. The van der Waals surface area contributed by atoms with E-state index in [1.165, 1.54) is 5.56 Å². The highest BCUT2D eigenvalue weighted by atomic mass is 16.1. The molecule has 4 N–H and O–H groups in total. The third kappa shape index (κ3) is 3.38. The molecule has 0 aliphatic carbocycles. The summed E-state index contributed by atoms with van der Waals surface area (Å²) in [6.07, 6.45) is 1.81. The lowest BCUT2D eigenvalue weighted by Crippen LogP contribution is -2.33. The van der Waals surface area contributed by atoms with Crippen LogP contribution in [0.25, 0.3) is 0 Å². The number of amides is 1. The van der Waals surface area contributed by atoms with Crippen molar-refractivity contribution >= 4 is 11.7 Å². The fourth-order valence-corrected chi connectivity index (χ4v) is 2.13. The molecule has 1 amide bonds. The summed E-state index contributed by atoms with van der Waals surface area (Å²) in [5.41, 5.74) is 8.08. The van der Waals surface area contributed by atoms with E-state index >= 15 is 0 Å². The van der Waals surface area contributed by atoms with Crippen LogP contribution in [0.3, 0.4) is 0 Å². The molecule has 0 aliphatic rings. The van der Waals surface area contributed by atoms with Gasteiger partial charge in [-0.25, -0.2) is 0 Å². The van der Waals surface area contributed by atoms with Crippen molar-refractivity contribution in [1.82, 2.24) is 15.5 Å². The monoisotopic (exact) mass is 272 g/mol. The zero-order chi connectivity index (χ0) is 14.5. The Morgan fingerprint density at radius 3 is 2.70 bits per heavy atom. The zero-order valence-corrected chi connectivity index (χ0v) is 11.8. The van der Waals surface area contributed by atoms with E-state index in [1.54, 1.807) is 6.92 Å². The lowest BCUT2D eigenvalue weighted by atomic mass is 10.1. The summed E-state index contributed by atoms with van der Waals surface area (Å²) in [5, 5.41) is 9.50. The van der Waals surface area contributed by atoms with Crippen LogP contribution in [0.5, 0.6) is 0 Å². The Balaban J connectivity index is 1.89. The number of anilines is 1. The molecule has 0 radical (unpaired) electrons. The Kier molecular flexibility index (Phi) is 4.40. The maximum atomic E-state index is 12.1. The minimum absolute atomic E-state index is 0.0800. The van der Waals surface area contributed by atoms with Gasteiger partial charge in [0.25, 0.3) is 5.91 Å². The van der Waals surface area contributed by atoms with Crippen LogP contribution in [0.15, 0.2) is 30.3 Å². The second kappa shape index (κ2) is 6.23. The van der Waals surface area contributed by atoms with Crippen molar-refractivity contribution in [3.63, 3.8) is 0 Å². The van der Waals surface area contributed by atoms with Gasteiger partial charge in [-0.15, -0.1) is 0 Å². The smallest absolute Gasteiger partial charge is 0.257 e. The highest BCUT2D eigenvalue weighted by molar-refractivity contribution is 5.99. The number of nitrogens with zero attached hydrogens (tertiary/aromatic N) is 1. The van der Waals surface area contributed by atoms with E-state index in [2.05, 4.69) is 27.6 Å². The minimum atomic E-state index is -0.172. The topological polar surface area (TPSA) is 83.8 Å². The summed E-state index contributed by atoms with van der Waals surface area (Å²) in [7, 11) is 0. The van der Waals surface area contributed by atoms with Crippen molar-refractivity contribution in [3.8, 4) is 0 Å². The quantitative estimate of drug-likeness (QED) is 0.779. The Morgan fingerprint density at radius 2 is 2.10 bits per heavy atom. The van der Waals surface area contributed by atoms with Gasteiger partial charge in [0, 0.05) is 11.7 Å². The summed E-state index contributed by atoms with van der Waals surface area (Å²) in [6.45, 7) is 3.78. The molecule has 0 bridgehead atoms. The number of nitrogen functional groups attached to an aromatic ring is 1. The van der Waals surface area contributed by atoms with Crippen LogP contribution in [-0.2, 0) is 6.42 Å². The van der Waals surface area contributed by atoms with Gasteiger partial charge in [-0.2, -0.15) is 5.10 Å². The molecule has 0 saturated heterocycles. The van der Waals surface area contributed by atoms with Gasteiger partial charge in [-0.1, -0.05) is 30.3 Å². The van der Waals surface area contributed by atoms with Gasteiger partial charge in [-0.3, -0.25) is 9.89 Å². The molecular weight excluding hydrogens is 252 g/mol. The number of carbonyl (C=O) groups is 1. The molecule has 5 nitrogen and oxygen atoms in total. The molecule has 2 aromatic rings. The van der Waals surface area contributed by atoms with Gasteiger partial charge in [0.1, 0.15) is 5.56 Å². The first-order valence-corrected chi connectivity index (χ1v) is 6.73. The Morgan fingerprint density at radius 1 is 1.40 bits per heavy atom. The number of aromatic amines is 1. The fourth-order valence-electron chi connectivity index (χ4n) is 2.13. The van der Waals surface area contributed by atoms with Gasteiger partial charge in [0.05, 0.1) is 0 Å². The standard InChI is InChI=1S/C15H20N4O/c1-10(8-9-12-6-4-3-5-7-12)17-15(20)13-11(2)18-19-14(13)16/h3-7,10H,8-9H2,1-2H3,(H,17,20)(H3,16,18,19). The predicted octanol–water partition coefficient (Wildman–Crippen LogP) is 2.05. The van der Waals surface area contributed by atoms with Crippen LogP contribution >= 0.6 is 0 Å².